The van der Waals surface area contributed by atoms with Crippen LogP contribution in [0.15, 0.2) is 6.07 Å². The minimum Gasteiger partial charge on any atom is -0.377 e. The van der Waals surface area contributed by atoms with E-state index in [0.29, 0.717) is 24.1 Å². The highest BCUT2D eigenvalue weighted by molar-refractivity contribution is 5.85. The highest BCUT2D eigenvalue weighted by Gasteiger charge is 2.31. The van der Waals surface area contributed by atoms with Crippen molar-refractivity contribution in [1.82, 2.24) is 15.3 Å². The number of hydrogen-bond acceptors (Lipinski definition) is 7. The van der Waals surface area contributed by atoms with Crippen LogP contribution in [0.5, 0.6) is 0 Å². The Hall–Kier alpha value is -1.93. The number of carbonyl (C=O) groups is 1. The highest BCUT2D eigenvalue weighted by atomic mass is 16.5. The molecule has 0 saturated carbocycles. The lowest BCUT2D eigenvalue weighted by Crippen LogP contribution is -2.42. The first-order valence-corrected chi connectivity index (χ1v) is 6.51. The zero-order valence-corrected chi connectivity index (χ0v) is 11.7. The Morgan fingerprint density at radius 2 is 2.40 bits per heavy atom. The molecule has 1 aliphatic heterocycles. The minimum atomic E-state index is -0.198. The first-order chi connectivity index (χ1) is 9.69. The third-order valence-electron chi connectivity index (χ3n) is 3.28. The second-order valence-corrected chi connectivity index (χ2v) is 4.57. The number of likely N-dealkylation sites (N-methyl/N-ethyl adjacent to an activating group) is 1. The van der Waals surface area contributed by atoms with Gasteiger partial charge in [-0.2, -0.15) is 0 Å². The molecule has 0 bridgehead atoms. The standard InChI is InChI=1S/C12H20N6O2/c1-14-12(19)8-4-3-5-18(8)11-6-9(17-13)15-10(16-11)7-20-2/h6,8H,3-5,7,13H2,1-2H3,(H,14,19)(H,15,16,17). The third kappa shape index (κ3) is 2.97. The maximum Gasteiger partial charge on any atom is 0.242 e. The van der Waals surface area contributed by atoms with Crippen LogP contribution in [0.1, 0.15) is 18.7 Å². The van der Waals surface area contributed by atoms with E-state index in [1.54, 1.807) is 20.2 Å². The average Bonchev–Trinajstić information content (AvgIpc) is 2.95. The molecule has 1 aliphatic rings. The van der Waals surface area contributed by atoms with Gasteiger partial charge in [0.2, 0.25) is 5.91 Å². The van der Waals surface area contributed by atoms with E-state index in [0.717, 1.165) is 19.4 Å². The van der Waals surface area contributed by atoms with Crippen LogP contribution in [0.2, 0.25) is 0 Å². The number of nitrogens with two attached hydrogens (primary N) is 1. The number of nitrogen functional groups attached to an aromatic ring is 1. The number of nitrogens with zero attached hydrogens (tertiary/aromatic N) is 3. The second-order valence-electron chi connectivity index (χ2n) is 4.57. The summed E-state index contributed by atoms with van der Waals surface area (Å²) in [4.78, 5) is 22.5. The van der Waals surface area contributed by atoms with E-state index < -0.39 is 0 Å². The maximum atomic E-state index is 11.9. The van der Waals surface area contributed by atoms with Crippen molar-refractivity contribution >= 4 is 17.5 Å². The molecule has 0 aliphatic carbocycles. The van der Waals surface area contributed by atoms with Crippen molar-refractivity contribution in [3.63, 3.8) is 0 Å². The molecule has 20 heavy (non-hydrogen) atoms. The van der Waals surface area contributed by atoms with Gasteiger partial charge in [-0.1, -0.05) is 0 Å². The van der Waals surface area contributed by atoms with Gasteiger partial charge >= 0.3 is 0 Å². The Balaban J connectivity index is 2.30. The van der Waals surface area contributed by atoms with E-state index in [4.69, 9.17) is 10.6 Å². The number of aromatic nitrogens is 2. The van der Waals surface area contributed by atoms with E-state index in [1.807, 2.05) is 4.90 Å². The number of hydrogen-bond donors (Lipinski definition) is 3. The lowest BCUT2D eigenvalue weighted by atomic mass is 10.2. The Morgan fingerprint density at radius 3 is 3.05 bits per heavy atom. The predicted octanol–water partition coefficient (Wildman–Crippen LogP) is -0.377. The van der Waals surface area contributed by atoms with Crippen molar-refractivity contribution in [3.8, 4) is 0 Å². The van der Waals surface area contributed by atoms with Crippen LogP contribution in [0.25, 0.3) is 0 Å². The molecule has 0 spiro atoms. The van der Waals surface area contributed by atoms with Gasteiger partial charge in [0.1, 0.15) is 24.3 Å². The summed E-state index contributed by atoms with van der Waals surface area (Å²) in [5, 5.41) is 2.69. The number of hydrazine groups is 1. The molecule has 4 N–H and O–H groups in total. The fraction of sp³-hybridized carbons (Fsp3) is 0.583. The maximum absolute atomic E-state index is 11.9. The van der Waals surface area contributed by atoms with Crippen LogP contribution in [-0.4, -0.2) is 42.6 Å². The smallest absolute Gasteiger partial charge is 0.242 e. The molecule has 8 heteroatoms. The van der Waals surface area contributed by atoms with Gasteiger partial charge in [0.05, 0.1) is 0 Å². The molecule has 2 heterocycles. The number of nitrogens with one attached hydrogen (secondary N) is 2. The van der Waals surface area contributed by atoms with E-state index in [2.05, 4.69) is 20.7 Å². The van der Waals surface area contributed by atoms with Gasteiger partial charge < -0.3 is 20.4 Å². The first-order valence-electron chi connectivity index (χ1n) is 6.51. The summed E-state index contributed by atoms with van der Waals surface area (Å²) in [6.45, 7) is 1.08. The van der Waals surface area contributed by atoms with E-state index in [9.17, 15) is 4.79 Å². The van der Waals surface area contributed by atoms with Gasteiger partial charge in [-0.05, 0) is 12.8 Å². The summed E-state index contributed by atoms with van der Waals surface area (Å²) < 4.78 is 5.05. The monoisotopic (exact) mass is 280 g/mol. The van der Waals surface area contributed by atoms with Crippen molar-refractivity contribution in [2.75, 3.05) is 31.0 Å². The SMILES string of the molecule is CNC(=O)C1CCCN1c1cc(NN)nc(COC)n1. The molecule has 1 fully saturated rings. The van der Waals surface area contributed by atoms with Crippen molar-refractivity contribution in [2.45, 2.75) is 25.5 Å². The molecule has 1 unspecified atom stereocenters. The number of anilines is 2. The summed E-state index contributed by atoms with van der Waals surface area (Å²) in [7, 11) is 3.22. The predicted molar refractivity (Wildman–Crippen MR) is 75.0 cm³/mol. The molecular weight excluding hydrogens is 260 g/mol. The average molecular weight is 280 g/mol. The van der Waals surface area contributed by atoms with E-state index >= 15 is 0 Å². The summed E-state index contributed by atoms with van der Waals surface area (Å²) in [6.07, 6.45) is 1.77. The molecule has 1 atom stereocenters. The Morgan fingerprint density at radius 1 is 1.60 bits per heavy atom. The topological polar surface area (TPSA) is 105 Å². The van der Waals surface area contributed by atoms with Crippen molar-refractivity contribution in [3.05, 3.63) is 11.9 Å². The highest BCUT2D eigenvalue weighted by Crippen LogP contribution is 2.25. The largest absolute Gasteiger partial charge is 0.377 e. The quantitative estimate of drug-likeness (QED) is 0.499. The lowest BCUT2D eigenvalue weighted by molar-refractivity contribution is -0.121. The molecule has 0 radical (unpaired) electrons. The minimum absolute atomic E-state index is 0.00309. The van der Waals surface area contributed by atoms with Crippen LogP contribution in [0.4, 0.5) is 11.6 Å². The fourth-order valence-corrected chi connectivity index (χ4v) is 2.38. The molecule has 110 valence electrons. The Labute approximate surface area is 117 Å². The number of amides is 1. The Kier molecular flexibility index (Phi) is 4.70. The zero-order valence-electron chi connectivity index (χ0n) is 11.7. The van der Waals surface area contributed by atoms with Gasteiger partial charge in [0.25, 0.3) is 0 Å². The van der Waals surface area contributed by atoms with Crippen LogP contribution in [0, 0.1) is 0 Å². The molecule has 2 rings (SSSR count). The molecule has 1 amide bonds. The number of methoxy groups -OCH3 is 1. The van der Waals surface area contributed by atoms with Crippen molar-refractivity contribution in [1.29, 1.82) is 0 Å². The van der Waals surface area contributed by atoms with Crippen LogP contribution < -0.4 is 21.5 Å². The van der Waals surface area contributed by atoms with Crippen LogP contribution in [0.3, 0.4) is 0 Å². The number of carbonyl (C=O) groups excluding carboxylic acids is 1. The molecule has 1 saturated heterocycles. The number of ether oxygens (including phenoxy) is 1. The zero-order chi connectivity index (χ0) is 14.5. The summed E-state index contributed by atoms with van der Waals surface area (Å²) >= 11 is 0. The van der Waals surface area contributed by atoms with Gasteiger partial charge in [-0.25, -0.2) is 15.8 Å². The van der Waals surface area contributed by atoms with Gasteiger partial charge in [-0.3, -0.25) is 4.79 Å². The molecule has 0 aromatic carbocycles. The normalized spacial score (nSPS) is 18.1. The van der Waals surface area contributed by atoms with E-state index in [1.165, 1.54) is 0 Å². The van der Waals surface area contributed by atoms with Crippen LogP contribution >= 0.6 is 0 Å². The van der Waals surface area contributed by atoms with Gasteiger partial charge in [0, 0.05) is 26.8 Å². The fourth-order valence-electron chi connectivity index (χ4n) is 2.38. The van der Waals surface area contributed by atoms with E-state index in [-0.39, 0.29) is 11.9 Å². The van der Waals surface area contributed by atoms with Crippen molar-refractivity contribution < 1.29 is 9.53 Å². The molecular formula is C12H20N6O2. The first kappa shape index (κ1) is 14.5. The molecule has 1 aromatic heterocycles. The number of rotatable bonds is 5. The molecule has 1 aromatic rings. The Bertz CT molecular complexity index is 481. The third-order valence-corrected chi connectivity index (χ3v) is 3.28. The summed E-state index contributed by atoms with van der Waals surface area (Å²) in [6, 6.07) is 1.54. The molecule has 8 nitrogen and oxygen atoms in total. The summed E-state index contributed by atoms with van der Waals surface area (Å²) in [5.74, 6) is 7.14. The second kappa shape index (κ2) is 6.49. The van der Waals surface area contributed by atoms with Gasteiger partial charge in [-0.15, -0.1) is 0 Å². The van der Waals surface area contributed by atoms with Crippen LogP contribution in [-0.2, 0) is 16.1 Å². The van der Waals surface area contributed by atoms with Crippen molar-refractivity contribution in [2.24, 2.45) is 5.84 Å². The lowest BCUT2D eigenvalue weighted by Gasteiger charge is -2.25. The summed E-state index contributed by atoms with van der Waals surface area (Å²) in [5.41, 5.74) is 2.51. The van der Waals surface area contributed by atoms with Gasteiger partial charge in [0.15, 0.2) is 5.82 Å².